The molecule has 6 nitrogen and oxygen atoms in total. The van der Waals surface area contributed by atoms with Gasteiger partial charge < -0.3 is 24.4 Å². The van der Waals surface area contributed by atoms with E-state index in [-0.39, 0.29) is 17.7 Å². The Morgan fingerprint density at radius 1 is 0.941 bits per heavy atom. The highest BCUT2D eigenvalue weighted by atomic mass is 16.6. The smallest absolute Gasteiger partial charge is 0.408 e. The molecule has 34 heavy (non-hydrogen) atoms. The summed E-state index contributed by atoms with van der Waals surface area (Å²) in [5.74, 6) is 1.39. The SMILES string of the molecule is COCCCOc1ccc(-c2ccc(C3(NC(=O)OC4CCN5CCC4CC5)CC3)cc2)cc1. The number of alkyl carbamates (subject to hydrolysis) is 1. The minimum Gasteiger partial charge on any atom is -0.494 e. The molecule has 3 saturated heterocycles. The van der Waals surface area contributed by atoms with Crippen LogP contribution >= 0.6 is 0 Å². The fraction of sp³-hybridized carbons (Fsp3) is 0.536. The van der Waals surface area contributed by atoms with E-state index < -0.39 is 0 Å². The maximum absolute atomic E-state index is 12.8. The van der Waals surface area contributed by atoms with Crippen molar-refractivity contribution in [3.05, 3.63) is 54.1 Å². The standard InChI is InChI=1S/C28H36N2O4/c1-32-19-2-20-33-25-9-5-22(6-10-25)21-3-7-24(8-4-21)28(14-15-28)29-27(31)34-26-13-18-30-16-11-23(26)12-17-30/h3-10,23,26H,2,11-20H2,1H3,(H,29,31). The molecule has 0 spiro atoms. The number of carbonyl (C=O) groups is 1. The summed E-state index contributed by atoms with van der Waals surface area (Å²) in [6, 6.07) is 16.7. The van der Waals surface area contributed by atoms with Crippen LogP contribution in [-0.2, 0) is 15.0 Å². The quantitative estimate of drug-likeness (QED) is 0.531. The number of ether oxygens (including phenoxy) is 3. The van der Waals surface area contributed by atoms with Gasteiger partial charge in [-0.1, -0.05) is 36.4 Å². The molecular weight excluding hydrogens is 428 g/mol. The molecule has 4 fully saturated rings. The third kappa shape index (κ3) is 5.39. The average Bonchev–Trinajstić information content (AvgIpc) is 3.70. The summed E-state index contributed by atoms with van der Waals surface area (Å²) in [4.78, 5) is 15.3. The van der Waals surface area contributed by atoms with Gasteiger partial charge in [0, 0.05) is 26.7 Å². The predicted octanol–water partition coefficient (Wildman–Crippen LogP) is 4.97. The molecule has 2 bridgehead atoms. The Kier molecular flexibility index (Phi) is 7.07. The van der Waals surface area contributed by atoms with Gasteiger partial charge in [0.2, 0.25) is 0 Å². The van der Waals surface area contributed by atoms with Crippen molar-refractivity contribution >= 4 is 6.09 Å². The average molecular weight is 465 g/mol. The highest BCUT2D eigenvalue weighted by Crippen LogP contribution is 2.46. The van der Waals surface area contributed by atoms with Crippen LogP contribution in [0, 0.1) is 5.92 Å². The van der Waals surface area contributed by atoms with E-state index in [4.69, 9.17) is 14.2 Å². The lowest BCUT2D eigenvalue weighted by Crippen LogP contribution is -2.39. The van der Waals surface area contributed by atoms with Crippen LogP contribution in [0.2, 0.25) is 0 Å². The highest BCUT2D eigenvalue weighted by molar-refractivity contribution is 5.70. The van der Waals surface area contributed by atoms with Crippen molar-refractivity contribution in [3.8, 4) is 16.9 Å². The fourth-order valence-electron chi connectivity index (χ4n) is 5.34. The number of amides is 1. The molecule has 1 N–H and O–H groups in total. The molecule has 0 radical (unpaired) electrons. The molecule has 1 saturated carbocycles. The number of methoxy groups -OCH3 is 1. The monoisotopic (exact) mass is 464 g/mol. The molecule has 6 heteroatoms. The van der Waals surface area contributed by atoms with Crippen molar-refractivity contribution in [2.24, 2.45) is 5.92 Å². The zero-order valence-corrected chi connectivity index (χ0v) is 20.1. The van der Waals surface area contributed by atoms with Gasteiger partial charge in [-0.3, -0.25) is 0 Å². The van der Waals surface area contributed by atoms with E-state index in [1.807, 2.05) is 12.1 Å². The van der Waals surface area contributed by atoms with Crippen LogP contribution in [0.15, 0.2) is 48.5 Å². The Balaban J connectivity index is 1.16. The van der Waals surface area contributed by atoms with E-state index in [0.717, 1.165) is 80.6 Å². The third-order valence-corrected chi connectivity index (χ3v) is 7.62. The molecule has 3 heterocycles. The number of nitrogens with one attached hydrogen (secondary N) is 1. The maximum atomic E-state index is 12.8. The molecule has 1 amide bonds. The van der Waals surface area contributed by atoms with Crippen molar-refractivity contribution in [1.29, 1.82) is 0 Å². The number of nitrogens with zero attached hydrogens (tertiary/aromatic N) is 1. The zero-order valence-electron chi connectivity index (χ0n) is 20.1. The number of benzene rings is 2. The topological polar surface area (TPSA) is 60.0 Å². The summed E-state index contributed by atoms with van der Waals surface area (Å²) < 4.78 is 16.8. The van der Waals surface area contributed by atoms with Crippen molar-refractivity contribution in [3.63, 3.8) is 0 Å². The third-order valence-electron chi connectivity index (χ3n) is 7.62. The molecule has 0 aromatic heterocycles. The molecule has 4 aliphatic rings. The van der Waals surface area contributed by atoms with Crippen LogP contribution in [0.3, 0.4) is 0 Å². The van der Waals surface area contributed by atoms with Crippen LogP contribution in [0.5, 0.6) is 5.75 Å². The number of rotatable bonds is 9. The molecule has 1 atom stereocenters. The lowest BCUT2D eigenvalue weighted by Gasteiger charge is -2.29. The second-order valence-corrected chi connectivity index (χ2v) is 9.92. The molecule has 2 aromatic rings. The lowest BCUT2D eigenvalue weighted by molar-refractivity contribution is 0.0537. The number of hydrogen-bond acceptors (Lipinski definition) is 5. The zero-order chi connectivity index (χ0) is 23.4. The van der Waals surface area contributed by atoms with E-state index in [1.165, 1.54) is 0 Å². The second-order valence-electron chi connectivity index (χ2n) is 9.92. The lowest BCUT2D eigenvalue weighted by atomic mass is 9.93. The van der Waals surface area contributed by atoms with Gasteiger partial charge in [-0.05, 0) is 79.9 Å². The fourth-order valence-corrected chi connectivity index (χ4v) is 5.34. The van der Waals surface area contributed by atoms with E-state index >= 15 is 0 Å². The van der Waals surface area contributed by atoms with E-state index in [0.29, 0.717) is 19.1 Å². The van der Waals surface area contributed by atoms with Crippen LogP contribution in [0.25, 0.3) is 11.1 Å². The minimum atomic E-state index is -0.276. The van der Waals surface area contributed by atoms with E-state index in [2.05, 4.69) is 46.6 Å². The van der Waals surface area contributed by atoms with Gasteiger partial charge in [-0.2, -0.15) is 0 Å². The Morgan fingerprint density at radius 2 is 1.59 bits per heavy atom. The summed E-state index contributed by atoms with van der Waals surface area (Å²) in [7, 11) is 1.70. The Bertz CT molecular complexity index is 947. The summed E-state index contributed by atoms with van der Waals surface area (Å²) in [6.07, 6.45) is 5.83. The van der Waals surface area contributed by atoms with E-state index in [1.54, 1.807) is 7.11 Å². The van der Waals surface area contributed by atoms with Crippen LogP contribution in [-0.4, -0.2) is 57.1 Å². The molecular formula is C28H36N2O4. The largest absolute Gasteiger partial charge is 0.494 e. The first-order chi connectivity index (χ1) is 16.6. The highest BCUT2D eigenvalue weighted by Gasteiger charge is 2.46. The van der Waals surface area contributed by atoms with Crippen molar-refractivity contribution < 1.29 is 19.0 Å². The Labute approximate surface area is 202 Å². The molecule has 1 aliphatic carbocycles. The first-order valence-electron chi connectivity index (χ1n) is 12.7. The number of fused-ring (bicyclic) bond motifs is 4. The number of carbonyl (C=O) groups excluding carboxylic acids is 1. The predicted molar refractivity (Wildman–Crippen MR) is 132 cm³/mol. The maximum Gasteiger partial charge on any atom is 0.408 e. The van der Waals surface area contributed by atoms with Gasteiger partial charge in [-0.15, -0.1) is 0 Å². The van der Waals surface area contributed by atoms with Crippen molar-refractivity contribution in [2.75, 3.05) is 40.0 Å². The second kappa shape index (κ2) is 10.4. The summed E-state index contributed by atoms with van der Waals surface area (Å²) in [6.45, 7) is 4.69. The van der Waals surface area contributed by atoms with Gasteiger partial charge in [-0.25, -0.2) is 4.79 Å². The summed E-state index contributed by atoms with van der Waals surface area (Å²) in [5, 5.41) is 3.20. The van der Waals surface area contributed by atoms with Gasteiger partial charge in [0.15, 0.2) is 0 Å². The van der Waals surface area contributed by atoms with E-state index in [9.17, 15) is 4.79 Å². The van der Waals surface area contributed by atoms with Gasteiger partial charge in [0.05, 0.1) is 12.1 Å². The Hall–Kier alpha value is -2.57. The Morgan fingerprint density at radius 3 is 2.24 bits per heavy atom. The van der Waals surface area contributed by atoms with Gasteiger partial charge in [0.25, 0.3) is 0 Å². The van der Waals surface area contributed by atoms with Crippen LogP contribution < -0.4 is 10.1 Å². The normalized spacial score (nSPS) is 24.8. The number of hydrogen-bond donors (Lipinski definition) is 1. The number of piperidine rings is 1. The van der Waals surface area contributed by atoms with Crippen molar-refractivity contribution in [2.45, 2.75) is 50.2 Å². The van der Waals surface area contributed by atoms with Gasteiger partial charge >= 0.3 is 6.09 Å². The van der Waals surface area contributed by atoms with Gasteiger partial charge in [0.1, 0.15) is 11.9 Å². The van der Waals surface area contributed by atoms with Crippen LogP contribution in [0.1, 0.15) is 44.1 Å². The van der Waals surface area contributed by atoms with Crippen molar-refractivity contribution in [1.82, 2.24) is 10.2 Å². The first-order valence-corrected chi connectivity index (χ1v) is 12.7. The molecule has 182 valence electrons. The minimum absolute atomic E-state index is 0.0533. The molecule has 3 aliphatic heterocycles. The summed E-state index contributed by atoms with van der Waals surface area (Å²) >= 11 is 0. The molecule has 6 rings (SSSR count). The van der Waals surface area contributed by atoms with Crippen LogP contribution in [0.4, 0.5) is 4.79 Å². The first kappa shape index (κ1) is 23.2. The summed E-state index contributed by atoms with van der Waals surface area (Å²) in [5.41, 5.74) is 3.17. The molecule has 1 unspecified atom stereocenters. The molecule has 2 aromatic carbocycles.